The summed E-state index contributed by atoms with van der Waals surface area (Å²) in [5, 5.41) is 143. The minimum Gasteiger partial charge on any atom is -0.394 e. The molecule has 4 aliphatic rings. The van der Waals surface area contributed by atoms with E-state index in [4.69, 9.17) is 57.6 Å². The van der Waals surface area contributed by atoms with Crippen molar-refractivity contribution in [1.82, 2.24) is 5.32 Å². The van der Waals surface area contributed by atoms with Gasteiger partial charge in [-0.2, -0.15) is 0 Å². The Balaban J connectivity index is 1.38. The van der Waals surface area contributed by atoms with E-state index in [0.717, 1.165) is 0 Å². The van der Waals surface area contributed by atoms with Crippen molar-refractivity contribution in [2.24, 2.45) is 5.11 Å². The Morgan fingerprint density at radius 1 is 0.508 bits per heavy atom. The van der Waals surface area contributed by atoms with Gasteiger partial charge in [0.15, 0.2) is 25.2 Å². The molecular weight excluding hydrogens is 864 g/mol. The number of ether oxygens (including phenoxy) is 11. The number of nitrogens with one attached hydrogen (secondary N) is 1. The molecule has 4 rings (SSSR count). The van der Waals surface area contributed by atoms with Crippen molar-refractivity contribution >= 4 is 5.91 Å². The number of nitrogens with zero attached hydrogens (tertiary/aromatic N) is 3. The van der Waals surface area contributed by atoms with Gasteiger partial charge < -0.3 is 124 Å². The van der Waals surface area contributed by atoms with Crippen LogP contribution in [0.5, 0.6) is 0 Å². The van der Waals surface area contributed by atoms with Crippen molar-refractivity contribution < 1.29 is 123 Å². The zero-order valence-electron chi connectivity index (χ0n) is 33.8. The molecule has 63 heavy (non-hydrogen) atoms. The van der Waals surface area contributed by atoms with Crippen LogP contribution in [0.1, 0.15) is 0 Å². The Bertz CT molecular complexity index is 1380. The van der Waals surface area contributed by atoms with Gasteiger partial charge in [0.2, 0.25) is 5.91 Å². The Labute approximate surface area is 358 Å². The van der Waals surface area contributed by atoms with Crippen LogP contribution in [0.15, 0.2) is 5.11 Å². The standard InChI is InChI=1S/C34H60N4O25/c35-38-37-2-4-54-5-6-55-13-18(43)36-1-3-53-7-8-56-31-27(52)28(22(47)17(12-42)57-31)61-33-30(25(50)21(46)15(10-40)59-33)63-34-29(24(49)20(45)16(11-41)60-34)62-32-26(51)23(48)19(44)14(9-39)58-32/h14-17,19-34,39-42,44-52H,1-13H2,(H,36,43)/t14?,15?,16?,17?,19-,20-,21-,22-,23?,24?,25?,26?,27?,28?,29?,30?,31+,32-,33-,34-/m1/s1. The van der Waals surface area contributed by atoms with E-state index in [-0.39, 0.29) is 59.3 Å². The third-order valence-corrected chi connectivity index (χ3v) is 10.3. The summed E-state index contributed by atoms with van der Waals surface area (Å²) in [5.74, 6) is -0.428. The predicted molar refractivity (Wildman–Crippen MR) is 197 cm³/mol. The largest absolute Gasteiger partial charge is 0.394 e. The number of hydrogen-bond donors (Lipinski definition) is 14. The molecule has 4 aliphatic heterocycles. The summed E-state index contributed by atoms with van der Waals surface area (Å²) < 4.78 is 61.0. The smallest absolute Gasteiger partial charge is 0.246 e. The number of carbonyl (C=O) groups is 1. The number of rotatable bonds is 25. The third kappa shape index (κ3) is 14.4. The maximum Gasteiger partial charge on any atom is 0.246 e. The average molecular weight is 925 g/mol. The van der Waals surface area contributed by atoms with Crippen LogP contribution in [0.3, 0.4) is 0 Å². The minimum absolute atomic E-state index is 0.0319. The van der Waals surface area contributed by atoms with Crippen molar-refractivity contribution in [1.29, 1.82) is 0 Å². The van der Waals surface area contributed by atoms with Crippen molar-refractivity contribution in [2.75, 3.05) is 85.8 Å². The van der Waals surface area contributed by atoms with E-state index in [2.05, 4.69) is 15.3 Å². The molecule has 4 saturated heterocycles. The lowest BCUT2D eigenvalue weighted by Gasteiger charge is -2.49. The van der Waals surface area contributed by atoms with Crippen molar-refractivity contribution in [3.05, 3.63) is 10.4 Å². The molecule has 0 aromatic heterocycles. The van der Waals surface area contributed by atoms with Gasteiger partial charge in [0.05, 0.1) is 66.1 Å². The molecule has 4 fully saturated rings. The lowest BCUT2D eigenvalue weighted by atomic mass is 9.95. The van der Waals surface area contributed by atoms with Gasteiger partial charge in [-0.1, -0.05) is 5.11 Å². The predicted octanol–water partition coefficient (Wildman–Crippen LogP) is -9.25. The molecule has 1 amide bonds. The fourth-order valence-corrected chi connectivity index (χ4v) is 6.79. The first-order valence-corrected chi connectivity index (χ1v) is 20.0. The normalized spacial score (nSPS) is 40.9. The zero-order valence-corrected chi connectivity index (χ0v) is 33.8. The van der Waals surface area contributed by atoms with Crippen LogP contribution in [0, 0.1) is 0 Å². The second-order valence-corrected chi connectivity index (χ2v) is 14.6. The number of amides is 1. The van der Waals surface area contributed by atoms with Crippen LogP contribution in [-0.4, -0.2) is 281 Å². The Hall–Kier alpha value is -2.18. The van der Waals surface area contributed by atoms with Gasteiger partial charge in [-0.25, -0.2) is 0 Å². The summed E-state index contributed by atoms with van der Waals surface area (Å²) in [6, 6.07) is 0. The Morgan fingerprint density at radius 2 is 0.968 bits per heavy atom. The molecule has 29 heteroatoms. The van der Waals surface area contributed by atoms with Crippen LogP contribution in [-0.2, 0) is 56.9 Å². The molecule has 366 valence electrons. The summed E-state index contributed by atoms with van der Waals surface area (Å²) in [6.07, 6.45) is -36.8. The van der Waals surface area contributed by atoms with Gasteiger partial charge >= 0.3 is 0 Å². The summed E-state index contributed by atoms with van der Waals surface area (Å²) in [4.78, 5) is 14.5. The SMILES string of the molecule is [N-]=[N+]=NCCOCCOCC(=O)NCCOCCO[C@H]1OC(CO)[C@@H](O)C(O[C@H]2OC(CO)[C@@H](O)C(O)C2O[C@H]2OC(CO)[C@@H](O)C(O)C2O[C@H]2OC(CO)[C@@H](O)C(O)C2O)C1O. The van der Waals surface area contributed by atoms with E-state index in [1.54, 1.807) is 0 Å². The van der Waals surface area contributed by atoms with Crippen LogP contribution < -0.4 is 5.32 Å². The first-order chi connectivity index (χ1) is 30.2. The van der Waals surface area contributed by atoms with Gasteiger partial charge in [-0.15, -0.1) is 0 Å². The number of hydrogen-bond acceptors (Lipinski definition) is 26. The van der Waals surface area contributed by atoms with Crippen LogP contribution >= 0.6 is 0 Å². The van der Waals surface area contributed by atoms with E-state index in [9.17, 15) is 71.2 Å². The Morgan fingerprint density at radius 3 is 1.54 bits per heavy atom. The molecule has 0 aromatic carbocycles. The van der Waals surface area contributed by atoms with E-state index in [1.807, 2.05) is 0 Å². The van der Waals surface area contributed by atoms with Gasteiger partial charge in [0, 0.05) is 18.0 Å². The van der Waals surface area contributed by atoms with Crippen molar-refractivity contribution in [3.8, 4) is 0 Å². The van der Waals surface area contributed by atoms with Gasteiger partial charge in [0.25, 0.3) is 0 Å². The zero-order chi connectivity index (χ0) is 46.2. The maximum atomic E-state index is 11.9. The van der Waals surface area contributed by atoms with E-state index < -0.39 is 155 Å². The number of aliphatic hydroxyl groups is 13. The molecule has 12 unspecified atom stereocenters. The summed E-state index contributed by atoms with van der Waals surface area (Å²) in [5.41, 5.74) is 8.21. The van der Waals surface area contributed by atoms with E-state index in [0.29, 0.717) is 0 Å². The highest BCUT2D eigenvalue weighted by Gasteiger charge is 2.56. The van der Waals surface area contributed by atoms with Crippen LogP contribution in [0.4, 0.5) is 0 Å². The summed E-state index contributed by atoms with van der Waals surface area (Å²) >= 11 is 0. The molecule has 0 bridgehead atoms. The quantitative estimate of drug-likeness (QED) is 0.0175. The molecule has 0 aromatic rings. The molecule has 4 heterocycles. The van der Waals surface area contributed by atoms with Crippen molar-refractivity contribution in [2.45, 2.75) is 123 Å². The molecule has 0 spiro atoms. The number of aliphatic hydroxyl groups excluding tert-OH is 13. The monoisotopic (exact) mass is 924 g/mol. The van der Waals surface area contributed by atoms with E-state index in [1.165, 1.54) is 0 Å². The molecule has 29 nitrogen and oxygen atoms in total. The topological polar surface area (TPSA) is 442 Å². The van der Waals surface area contributed by atoms with Crippen LogP contribution in [0.25, 0.3) is 10.4 Å². The first-order valence-electron chi connectivity index (χ1n) is 20.0. The highest BCUT2D eigenvalue weighted by atomic mass is 16.8. The molecule has 14 N–H and O–H groups in total. The summed E-state index contributed by atoms with van der Waals surface area (Å²) in [6.45, 7) is -3.28. The molecule has 20 atom stereocenters. The minimum atomic E-state index is -2.07. The Kier molecular flexibility index (Phi) is 22.8. The second-order valence-electron chi connectivity index (χ2n) is 14.6. The lowest BCUT2D eigenvalue weighted by Crippen LogP contribution is -2.68. The molecule has 0 radical (unpaired) electrons. The van der Waals surface area contributed by atoms with Gasteiger partial charge in [-0.05, 0) is 5.53 Å². The molecule has 0 saturated carbocycles. The first kappa shape index (κ1) is 53.4. The fraction of sp³-hybridized carbons (Fsp3) is 0.971. The highest BCUT2D eigenvalue weighted by Crippen LogP contribution is 2.35. The fourth-order valence-electron chi connectivity index (χ4n) is 6.79. The third-order valence-electron chi connectivity index (χ3n) is 10.3. The highest BCUT2D eigenvalue weighted by molar-refractivity contribution is 5.77. The summed E-state index contributed by atoms with van der Waals surface area (Å²) in [7, 11) is 0. The van der Waals surface area contributed by atoms with Crippen LogP contribution in [0.2, 0.25) is 0 Å². The lowest BCUT2D eigenvalue weighted by molar-refractivity contribution is -0.403. The van der Waals surface area contributed by atoms with Gasteiger partial charge in [0.1, 0.15) is 104 Å². The van der Waals surface area contributed by atoms with Gasteiger partial charge in [-0.3, -0.25) is 4.79 Å². The number of carbonyl (C=O) groups excluding carboxylic acids is 1. The van der Waals surface area contributed by atoms with E-state index >= 15 is 0 Å². The average Bonchev–Trinajstić information content (AvgIpc) is 3.27. The molecular formula is C34H60N4O25. The van der Waals surface area contributed by atoms with Crippen molar-refractivity contribution in [3.63, 3.8) is 0 Å². The number of azide groups is 1. The second kappa shape index (κ2) is 26.8. The molecule has 0 aliphatic carbocycles. The maximum absolute atomic E-state index is 11.9.